The van der Waals surface area contributed by atoms with Crippen LogP contribution in [0.5, 0.6) is 0 Å². The van der Waals surface area contributed by atoms with E-state index >= 15 is 0 Å². The van der Waals surface area contributed by atoms with Crippen LogP contribution in [0.25, 0.3) is 0 Å². The molecule has 1 fully saturated rings. The summed E-state index contributed by atoms with van der Waals surface area (Å²) >= 11 is 9.36. The monoisotopic (exact) mass is 288 g/mol. The van der Waals surface area contributed by atoms with Crippen molar-refractivity contribution in [2.24, 2.45) is 0 Å². The standard InChI is InChI=1S/C11H14BrClN2/c12-10-6-9(7-13)11(14-8-10)15-4-2-1-3-5-15/h6,8H,1-5,7H2. The van der Waals surface area contributed by atoms with Gasteiger partial charge in [-0.05, 0) is 41.3 Å². The maximum absolute atomic E-state index is 5.94. The smallest absolute Gasteiger partial charge is 0.133 e. The first-order valence-electron chi connectivity index (χ1n) is 5.26. The van der Waals surface area contributed by atoms with Gasteiger partial charge < -0.3 is 4.90 Å². The van der Waals surface area contributed by atoms with Gasteiger partial charge >= 0.3 is 0 Å². The molecule has 1 aliphatic heterocycles. The lowest BCUT2D eigenvalue weighted by atomic mass is 10.1. The lowest BCUT2D eigenvalue weighted by Gasteiger charge is -2.29. The maximum Gasteiger partial charge on any atom is 0.133 e. The van der Waals surface area contributed by atoms with E-state index in [1.165, 1.54) is 19.3 Å². The zero-order valence-corrected chi connectivity index (χ0v) is 10.9. The van der Waals surface area contributed by atoms with E-state index in [1.54, 1.807) is 0 Å². The van der Waals surface area contributed by atoms with Crippen molar-refractivity contribution in [3.05, 3.63) is 22.3 Å². The van der Waals surface area contributed by atoms with Gasteiger partial charge in [-0.3, -0.25) is 0 Å². The van der Waals surface area contributed by atoms with Crippen LogP contribution in [0.1, 0.15) is 24.8 Å². The average Bonchev–Trinajstić information content (AvgIpc) is 2.30. The molecule has 15 heavy (non-hydrogen) atoms. The molecule has 0 atom stereocenters. The molecule has 0 spiro atoms. The number of rotatable bonds is 2. The van der Waals surface area contributed by atoms with Crippen molar-refractivity contribution in [1.29, 1.82) is 0 Å². The summed E-state index contributed by atoms with van der Waals surface area (Å²) in [7, 11) is 0. The number of pyridine rings is 1. The zero-order valence-electron chi connectivity index (χ0n) is 8.55. The first-order chi connectivity index (χ1) is 7.31. The minimum atomic E-state index is 0.526. The van der Waals surface area contributed by atoms with Crippen LogP contribution in [-0.2, 0) is 5.88 Å². The first-order valence-corrected chi connectivity index (χ1v) is 6.59. The minimum absolute atomic E-state index is 0.526. The Labute approximate surface area is 104 Å². The molecule has 1 aliphatic rings. The summed E-state index contributed by atoms with van der Waals surface area (Å²) in [4.78, 5) is 6.81. The quantitative estimate of drug-likeness (QED) is 0.774. The number of piperidine rings is 1. The van der Waals surface area contributed by atoms with Crippen LogP contribution in [0.3, 0.4) is 0 Å². The molecule has 0 aliphatic carbocycles. The number of anilines is 1. The SMILES string of the molecule is ClCc1cc(Br)cnc1N1CCCCC1. The van der Waals surface area contributed by atoms with Gasteiger partial charge in [0.25, 0.3) is 0 Å². The maximum atomic E-state index is 5.94. The Morgan fingerprint density at radius 3 is 2.73 bits per heavy atom. The number of hydrogen-bond donors (Lipinski definition) is 0. The third kappa shape index (κ3) is 2.64. The molecule has 0 aromatic carbocycles. The van der Waals surface area contributed by atoms with Gasteiger partial charge in [0.2, 0.25) is 0 Å². The lowest BCUT2D eigenvalue weighted by Crippen LogP contribution is -2.30. The molecular formula is C11H14BrClN2. The van der Waals surface area contributed by atoms with Gasteiger partial charge in [0.1, 0.15) is 5.82 Å². The van der Waals surface area contributed by atoms with E-state index in [0.29, 0.717) is 5.88 Å². The van der Waals surface area contributed by atoms with Crippen molar-refractivity contribution in [2.75, 3.05) is 18.0 Å². The Balaban J connectivity index is 2.25. The third-order valence-corrected chi connectivity index (χ3v) is 3.43. The molecular weight excluding hydrogens is 275 g/mol. The summed E-state index contributed by atoms with van der Waals surface area (Å²) in [5.41, 5.74) is 1.12. The summed E-state index contributed by atoms with van der Waals surface area (Å²) in [6.07, 6.45) is 5.71. The Morgan fingerprint density at radius 1 is 1.33 bits per heavy atom. The van der Waals surface area contributed by atoms with Crippen molar-refractivity contribution in [1.82, 2.24) is 4.98 Å². The number of aromatic nitrogens is 1. The number of nitrogens with zero attached hydrogens (tertiary/aromatic N) is 2. The molecule has 0 unspecified atom stereocenters. The molecule has 2 nitrogen and oxygen atoms in total. The summed E-state index contributed by atoms with van der Waals surface area (Å²) in [5, 5.41) is 0. The predicted octanol–water partition coefficient (Wildman–Crippen LogP) is 3.57. The fourth-order valence-corrected chi connectivity index (χ4v) is 2.54. The van der Waals surface area contributed by atoms with Crippen molar-refractivity contribution in [3.8, 4) is 0 Å². The summed E-state index contributed by atoms with van der Waals surface area (Å²) in [5.74, 6) is 1.59. The zero-order chi connectivity index (χ0) is 10.7. The highest BCUT2D eigenvalue weighted by Gasteiger charge is 2.15. The fraction of sp³-hybridized carbons (Fsp3) is 0.545. The van der Waals surface area contributed by atoms with E-state index in [-0.39, 0.29) is 0 Å². The van der Waals surface area contributed by atoms with Crippen LogP contribution in [0.4, 0.5) is 5.82 Å². The molecule has 4 heteroatoms. The van der Waals surface area contributed by atoms with Gasteiger partial charge in [-0.2, -0.15) is 0 Å². The molecule has 0 amide bonds. The third-order valence-electron chi connectivity index (χ3n) is 2.71. The van der Waals surface area contributed by atoms with Gasteiger partial charge in [-0.1, -0.05) is 0 Å². The summed E-state index contributed by atoms with van der Waals surface area (Å²) in [6, 6.07) is 2.06. The highest BCUT2D eigenvalue weighted by Crippen LogP contribution is 2.25. The molecule has 1 aromatic heterocycles. The van der Waals surface area contributed by atoms with E-state index in [4.69, 9.17) is 11.6 Å². The molecule has 0 saturated carbocycles. The first kappa shape index (κ1) is 11.2. The fourth-order valence-electron chi connectivity index (χ4n) is 1.96. The summed E-state index contributed by atoms with van der Waals surface area (Å²) in [6.45, 7) is 2.22. The Kier molecular flexibility index (Phi) is 3.87. The number of alkyl halides is 1. The summed E-state index contributed by atoms with van der Waals surface area (Å²) < 4.78 is 0.999. The molecule has 1 saturated heterocycles. The highest BCUT2D eigenvalue weighted by molar-refractivity contribution is 9.10. The molecule has 0 bridgehead atoms. The molecule has 0 radical (unpaired) electrons. The van der Waals surface area contributed by atoms with Crippen molar-refractivity contribution >= 4 is 33.3 Å². The molecule has 0 N–H and O–H groups in total. The largest absolute Gasteiger partial charge is 0.356 e. The van der Waals surface area contributed by atoms with Crippen LogP contribution < -0.4 is 4.90 Å². The second kappa shape index (κ2) is 5.17. The molecule has 82 valence electrons. The van der Waals surface area contributed by atoms with E-state index in [1.807, 2.05) is 6.20 Å². The topological polar surface area (TPSA) is 16.1 Å². The van der Waals surface area contributed by atoms with Crippen LogP contribution in [0, 0.1) is 0 Å². The van der Waals surface area contributed by atoms with E-state index in [9.17, 15) is 0 Å². The normalized spacial score (nSPS) is 16.8. The minimum Gasteiger partial charge on any atom is -0.356 e. The molecule has 2 heterocycles. The average molecular weight is 290 g/mol. The lowest BCUT2D eigenvalue weighted by molar-refractivity contribution is 0.572. The van der Waals surface area contributed by atoms with E-state index in [0.717, 1.165) is 28.9 Å². The van der Waals surface area contributed by atoms with Crippen LogP contribution in [0.15, 0.2) is 16.7 Å². The van der Waals surface area contributed by atoms with E-state index < -0.39 is 0 Å². The second-order valence-electron chi connectivity index (χ2n) is 3.82. The van der Waals surface area contributed by atoms with Crippen LogP contribution in [0.2, 0.25) is 0 Å². The Hall–Kier alpha value is -0.280. The Bertz CT molecular complexity index is 337. The molecule has 1 aromatic rings. The van der Waals surface area contributed by atoms with Crippen molar-refractivity contribution in [2.45, 2.75) is 25.1 Å². The van der Waals surface area contributed by atoms with Crippen molar-refractivity contribution < 1.29 is 0 Å². The van der Waals surface area contributed by atoms with Crippen LogP contribution in [-0.4, -0.2) is 18.1 Å². The van der Waals surface area contributed by atoms with Gasteiger partial charge in [-0.25, -0.2) is 4.98 Å². The van der Waals surface area contributed by atoms with Crippen LogP contribution >= 0.6 is 27.5 Å². The second-order valence-corrected chi connectivity index (χ2v) is 5.00. The molecule has 2 rings (SSSR count). The van der Waals surface area contributed by atoms with Gasteiger partial charge in [0, 0.05) is 29.3 Å². The van der Waals surface area contributed by atoms with Gasteiger partial charge in [0.05, 0.1) is 5.88 Å². The van der Waals surface area contributed by atoms with Gasteiger partial charge in [0.15, 0.2) is 0 Å². The highest BCUT2D eigenvalue weighted by atomic mass is 79.9. The Morgan fingerprint density at radius 2 is 2.07 bits per heavy atom. The number of halogens is 2. The predicted molar refractivity (Wildman–Crippen MR) is 67.6 cm³/mol. The van der Waals surface area contributed by atoms with E-state index in [2.05, 4.69) is 31.9 Å². The number of hydrogen-bond acceptors (Lipinski definition) is 2. The van der Waals surface area contributed by atoms with Crippen molar-refractivity contribution in [3.63, 3.8) is 0 Å². The van der Waals surface area contributed by atoms with Gasteiger partial charge in [-0.15, -0.1) is 11.6 Å².